The first kappa shape index (κ1) is 15.2. The summed E-state index contributed by atoms with van der Waals surface area (Å²) < 4.78 is 23.5. The highest BCUT2D eigenvalue weighted by molar-refractivity contribution is 7.92. The van der Waals surface area contributed by atoms with E-state index in [1.165, 1.54) is 0 Å². The van der Waals surface area contributed by atoms with Gasteiger partial charge >= 0.3 is 0 Å². The Morgan fingerprint density at radius 1 is 1.28 bits per heavy atom. The van der Waals surface area contributed by atoms with E-state index >= 15 is 0 Å². The summed E-state index contributed by atoms with van der Waals surface area (Å²) in [5.41, 5.74) is 0. The summed E-state index contributed by atoms with van der Waals surface area (Å²) in [5, 5.41) is 0. The molecule has 0 aromatic carbocycles. The molecular weight excluding hydrogens is 250 g/mol. The maximum atomic E-state index is 12.1. The molecule has 0 aliphatic carbocycles. The largest absolute Gasteiger partial charge is 0.336 e. The van der Waals surface area contributed by atoms with Crippen LogP contribution in [0.5, 0.6) is 0 Å². The number of sulfone groups is 1. The first-order valence-electron chi connectivity index (χ1n) is 6.50. The zero-order valence-electron chi connectivity index (χ0n) is 11.4. The van der Waals surface area contributed by atoms with Gasteiger partial charge in [-0.05, 0) is 40.0 Å². The normalized spacial score (nSPS) is 25.6. The van der Waals surface area contributed by atoms with E-state index in [-0.39, 0.29) is 29.5 Å². The van der Waals surface area contributed by atoms with Gasteiger partial charge in [0, 0.05) is 12.1 Å². The lowest BCUT2D eigenvalue weighted by Gasteiger charge is -2.39. The SMILES string of the molecule is C/C=C\CS(=O)(=O)CC(=O)N1[C@H](C)CCC[C@@H]1C. The van der Waals surface area contributed by atoms with Gasteiger partial charge in [-0.2, -0.15) is 0 Å². The molecule has 4 nitrogen and oxygen atoms in total. The molecule has 1 amide bonds. The molecule has 0 aromatic heterocycles. The van der Waals surface area contributed by atoms with Crippen molar-refractivity contribution in [3.8, 4) is 0 Å². The topological polar surface area (TPSA) is 54.5 Å². The Morgan fingerprint density at radius 2 is 1.83 bits per heavy atom. The molecule has 1 rings (SSSR count). The van der Waals surface area contributed by atoms with Crippen molar-refractivity contribution in [2.45, 2.75) is 52.1 Å². The number of carbonyl (C=O) groups excluding carboxylic acids is 1. The van der Waals surface area contributed by atoms with Gasteiger partial charge in [-0.3, -0.25) is 4.79 Å². The van der Waals surface area contributed by atoms with E-state index < -0.39 is 9.84 Å². The van der Waals surface area contributed by atoms with Crippen molar-refractivity contribution in [1.29, 1.82) is 0 Å². The lowest BCUT2D eigenvalue weighted by Crippen LogP contribution is -2.49. The van der Waals surface area contributed by atoms with Gasteiger partial charge in [-0.1, -0.05) is 12.2 Å². The van der Waals surface area contributed by atoms with Crippen molar-refractivity contribution in [2.75, 3.05) is 11.5 Å². The van der Waals surface area contributed by atoms with Gasteiger partial charge in [0.1, 0.15) is 5.75 Å². The smallest absolute Gasteiger partial charge is 0.238 e. The van der Waals surface area contributed by atoms with Crippen molar-refractivity contribution < 1.29 is 13.2 Å². The highest BCUT2D eigenvalue weighted by atomic mass is 32.2. The zero-order chi connectivity index (χ0) is 13.8. The van der Waals surface area contributed by atoms with Crippen molar-refractivity contribution in [3.05, 3.63) is 12.2 Å². The van der Waals surface area contributed by atoms with E-state index in [2.05, 4.69) is 0 Å². The van der Waals surface area contributed by atoms with E-state index in [9.17, 15) is 13.2 Å². The van der Waals surface area contributed by atoms with Crippen molar-refractivity contribution >= 4 is 15.7 Å². The minimum Gasteiger partial charge on any atom is -0.336 e. The first-order valence-corrected chi connectivity index (χ1v) is 8.32. The van der Waals surface area contributed by atoms with Crippen LogP contribution in [-0.2, 0) is 14.6 Å². The van der Waals surface area contributed by atoms with Crippen LogP contribution in [-0.4, -0.2) is 42.8 Å². The predicted molar refractivity (Wildman–Crippen MR) is 73.1 cm³/mol. The van der Waals surface area contributed by atoms with Crippen molar-refractivity contribution in [3.63, 3.8) is 0 Å². The van der Waals surface area contributed by atoms with Gasteiger partial charge in [-0.25, -0.2) is 8.42 Å². The molecule has 0 bridgehead atoms. The van der Waals surface area contributed by atoms with Gasteiger partial charge in [0.05, 0.1) is 5.75 Å². The molecule has 0 saturated carbocycles. The van der Waals surface area contributed by atoms with Crippen LogP contribution in [0.3, 0.4) is 0 Å². The van der Waals surface area contributed by atoms with E-state index in [1.807, 2.05) is 13.8 Å². The van der Waals surface area contributed by atoms with Gasteiger partial charge < -0.3 is 4.90 Å². The fourth-order valence-corrected chi connectivity index (χ4v) is 3.61. The molecule has 1 aliphatic heterocycles. The van der Waals surface area contributed by atoms with Gasteiger partial charge in [-0.15, -0.1) is 0 Å². The van der Waals surface area contributed by atoms with Crippen LogP contribution in [0.1, 0.15) is 40.0 Å². The fraction of sp³-hybridized carbons (Fsp3) is 0.769. The summed E-state index contributed by atoms with van der Waals surface area (Å²) in [6.07, 6.45) is 6.30. The molecule has 1 fully saturated rings. The van der Waals surface area contributed by atoms with Gasteiger partial charge in [0.25, 0.3) is 0 Å². The monoisotopic (exact) mass is 273 g/mol. The first-order chi connectivity index (χ1) is 8.37. The third kappa shape index (κ3) is 4.12. The third-order valence-corrected chi connectivity index (χ3v) is 4.80. The maximum Gasteiger partial charge on any atom is 0.238 e. The lowest BCUT2D eigenvalue weighted by molar-refractivity contribution is -0.134. The minimum absolute atomic E-state index is 0.0498. The molecule has 2 atom stereocenters. The summed E-state index contributed by atoms with van der Waals surface area (Å²) in [6, 6.07) is 0.302. The zero-order valence-corrected chi connectivity index (χ0v) is 12.2. The number of hydrogen-bond donors (Lipinski definition) is 0. The van der Waals surface area contributed by atoms with Crippen LogP contribution in [0.2, 0.25) is 0 Å². The molecule has 1 aliphatic rings. The predicted octanol–water partition coefficient (Wildman–Crippen LogP) is 1.77. The molecule has 5 heteroatoms. The Bertz CT molecular complexity index is 404. The lowest BCUT2D eigenvalue weighted by atomic mass is 9.98. The Balaban J connectivity index is 2.69. The highest BCUT2D eigenvalue weighted by Gasteiger charge is 2.31. The minimum atomic E-state index is -3.32. The molecule has 18 heavy (non-hydrogen) atoms. The van der Waals surface area contributed by atoms with Gasteiger partial charge in [0.15, 0.2) is 9.84 Å². The van der Waals surface area contributed by atoms with E-state index in [1.54, 1.807) is 24.0 Å². The molecule has 1 saturated heterocycles. The summed E-state index contributed by atoms with van der Waals surface area (Å²) in [5.74, 6) is -0.670. The number of nitrogens with zero attached hydrogens (tertiary/aromatic N) is 1. The van der Waals surface area contributed by atoms with E-state index in [0.717, 1.165) is 19.3 Å². The van der Waals surface area contributed by atoms with Crippen LogP contribution in [0.4, 0.5) is 0 Å². The molecule has 1 heterocycles. The van der Waals surface area contributed by atoms with Crippen LogP contribution >= 0.6 is 0 Å². The Hall–Kier alpha value is -0.840. The van der Waals surface area contributed by atoms with E-state index in [4.69, 9.17) is 0 Å². The van der Waals surface area contributed by atoms with E-state index in [0.29, 0.717) is 0 Å². The van der Waals surface area contributed by atoms with Gasteiger partial charge in [0.2, 0.25) is 5.91 Å². The molecule has 0 radical (unpaired) electrons. The number of amides is 1. The number of likely N-dealkylation sites (tertiary alicyclic amines) is 1. The second-order valence-electron chi connectivity index (χ2n) is 5.05. The van der Waals surface area contributed by atoms with Crippen LogP contribution in [0.25, 0.3) is 0 Å². The number of allylic oxidation sites excluding steroid dienone is 1. The Labute approximate surface area is 110 Å². The average molecular weight is 273 g/mol. The highest BCUT2D eigenvalue weighted by Crippen LogP contribution is 2.22. The molecule has 0 unspecified atom stereocenters. The summed E-state index contributed by atoms with van der Waals surface area (Å²) in [7, 11) is -3.32. The molecule has 0 N–H and O–H groups in total. The van der Waals surface area contributed by atoms with Crippen molar-refractivity contribution in [1.82, 2.24) is 4.90 Å². The average Bonchev–Trinajstić information content (AvgIpc) is 2.25. The number of piperidine rings is 1. The summed E-state index contributed by atoms with van der Waals surface area (Å²) in [6.45, 7) is 5.75. The molecular formula is C13H23NO3S. The quantitative estimate of drug-likeness (QED) is 0.734. The summed E-state index contributed by atoms with van der Waals surface area (Å²) in [4.78, 5) is 13.9. The Kier molecular flexibility index (Phi) is 5.38. The number of carbonyl (C=O) groups is 1. The standard InChI is InChI=1S/C13H23NO3S/c1-4-5-9-18(16,17)10-13(15)14-11(2)7-6-8-12(14)3/h4-5,11-12H,6-10H2,1-3H3/b5-4-/t11-,12+. The second kappa shape index (κ2) is 6.36. The third-order valence-electron chi connectivity index (χ3n) is 3.41. The molecule has 104 valence electrons. The van der Waals surface area contributed by atoms with Crippen LogP contribution in [0, 0.1) is 0 Å². The summed E-state index contributed by atoms with van der Waals surface area (Å²) >= 11 is 0. The van der Waals surface area contributed by atoms with Crippen LogP contribution < -0.4 is 0 Å². The molecule has 0 aromatic rings. The van der Waals surface area contributed by atoms with Crippen molar-refractivity contribution in [2.24, 2.45) is 0 Å². The molecule has 0 spiro atoms. The Morgan fingerprint density at radius 3 is 2.33 bits per heavy atom. The number of hydrogen-bond acceptors (Lipinski definition) is 3. The second-order valence-corrected chi connectivity index (χ2v) is 7.16. The maximum absolute atomic E-state index is 12.1. The van der Waals surface area contributed by atoms with Crippen LogP contribution in [0.15, 0.2) is 12.2 Å². The fourth-order valence-electron chi connectivity index (χ4n) is 2.48. The number of rotatable bonds is 4.